The first-order chi connectivity index (χ1) is 22.5. The van der Waals surface area contributed by atoms with Crippen molar-refractivity contribution < 1.29 is 0 Å². The third kappa shape index (κ3) is 6.71. The van der Waals surface area contributed by atoms with E-state index < -0.39 is 0 Å². The van der Waals surface area contributed by atoms with E-state index >= 15 is 0 Å². The van der Waals surface area contributed by atoms with Crippen LogP contribution in [0.15, 0.2) is 160 Å². The highest BCUT2D eigenvalue weighted by Crippen LogP contribution is 2.52. The lowest BCUT2D eigenvalue weighted by atomic mass is 9.84. The van der Waals surface area contributed by atoms with Gasteiger partial charge in [-0.05, 0) is 99.8 Å². The highest BCUT2D eigenvalue weighted by Gasteiger charge is 2.34. The van der Waals surface area contributed by atoms with E-state index in [2.05, 4.69) is 147 Å². The molecule has 0 spiro atoms. The van der Waals surface area contributed by atoms with Gasteiger partial charge < -0.3 is 11.1 Å². The second-order valence-corrected chi connectivity index (χ2v) is 13.3. The van der Waals surface area contributed by atoms with Crippen molar-refractivity contribution in [1.29, 1.82) is 0 Å². The van der Waals surface area contributed by atoms with Gasteiger partial charge in [0.25, 0.3) is 0 Å². The van der Waals surface area contributed by atoms with Crippen molar-refractivity contribution in [3.05, 3.63) is 178 Å². The fourth-order valence-electron chi connectivity index (χ4n) is 6.54. The van der Waals surface area contributed by atoms with Crippen LogP contribution in [0.25, 0.3) is 17.2 Å². The maximum Gasteiger partial charge on any atom is 0.0401 e. The minimum absolute atomic E-state index is 0.298. The first-order valence-electron chi connectivity index (χ1n) is 16.5. The highest BCUT2D eigenvalue weighted by atomic mass is 32.2. The molecule has 3 atom stereocenters. The second-order valence-electron chi connectivity index (χ2n) is 12.1. The summed E-state index contributed by atoms with van der Waals surface area (Å²) in [7, 11) is 0. The zero-order chi connectivity index (χ0) is 32.0. The van der Waals surface area contributed by atoms with E-state index in [4.69, 9.17) is 5.73 Å². The lowest BCUT2D eigenvalue weighted by molar-refractivity contribution is 0.858. The average Bonchev–Trinajstić information content (AvgIpc) is 3.49. The third-order valence-corrected chi connectivity index (χ3v) is 10.4. The first-order valence-corrected chi connectivity index (χ1v) is 17.4. The molecule has 0 amide bonds. The van der Waals surface area contributed by atoms with Crippen LogP contribution in [0, 0.1) is 0 Å². The molecule has 2 aliphatic heterocycles. The molecule has 46 heavy (non-hydrogen) atoms. The molecule has 0 bridgehead atoms. The fourth-order valence-corrected chi connectivity index (χ4v) is 7.88. The number of rotatable bonds is 6. The molecule has 2 heterocycles. The van der Waals surface area contributed by atoms with Gasteiger partial charge in [-0.2, -0.15) is 0 Å². The SMILES string of the molecule is CC.CC1=C(/C=C\C(C)c2ccccc2)C=C/C(=C/C=C(\N)C2=CC3c4c(cccc4-c4ccc5c(c4)CNC=C5)SC3C=C2)C1. The minimum Gasteiger partial charge on any atom is -0.398 e. The number of nitrogens with two attached hydrogens (primary N) is 1. The predicted octanol–water partition coefficient (Wildman–Crippen LogP) is 10.9. The van der Waals surface area contributed by atoms with Gasteiger partial charge in [0.15, 0.2) is 0 Å². The summed E-state index contributed by atoms with van der Waals surface area (Å²) in [4.78, 5) is 1.37. The van der Waals surface area contributed by atoms with Gasteiger partial charge in [-0.1, -0.05) is 130 Å². The topological polar surface area (TPSA) is 38.0 Å². The van der Waals surface area contributed by atoms with E-state index in [1.54, 1.807) is 0 Å². The largest absolute Gasteiger partial charge is 0.398 e. The zero-order valence-electron chi connectivity index (χ0n) is 27.3. The molecule has 0 saturated carbocycles. The molecule has 0 radical (unpaired) electrons. The molecule has 7 rings (SSSR count). The quantitative estimate of drug-likeness (QED) is 0.288. The van der Waals surface area contributed by atoms with E-state index in [-0.39, 0.29) is 0 Å². The molecule has 0 aromatic heterocycles. The van der Waals surface area contributed by atoms with Gasteiger partial charge >= 0.3 is 0 Å². The Morgan fingerprint density at radius 3 is 2.65 bits per heavy atom. The Balaban J connectivity index is 0.00000182. The van der Waals surface area contributed by atoms with Crippen molar-refractivity contribution in [2.24, 2.45) is 5.73 Å². The van der Waals surface area contributed by atoms with Gasteiger partial charge in [-0.15, -0.1) is 11.8 Å². The van der Waals surface area contributed by atoms with Crippen LogP contribution in [-0.4, -0.2) is 5.25 Å². The van der Waals surface area contributed by atoms with Crippen LogP contribution in [0.1, 0.15) is 68.2 Å². The number of hydrogen-bond acceptors (Lipinski definition) is 3. The fraction of sp³-hybridized carbons (Fsp3) is 0.209. The van der Waals surface area contributed by atoms with Crippen LogP contribution in [0.4, 0.5) is 0 Å². The third-order valence-electron chi connectivity index (χ3n) is 9.11. The van der Waals surface area contributed by atoms with Crippen molar-refractivity contribution in [2.45, 2.75) is 62.6 Å². The van der Waals surface area contributed by atoms with Gasteiger partial charge in [0.1, 0.15) is 0 Å². The number of benzene rings is 3. The molecule has 3 aromatic carbocycles. The summed E-state index contributed by atoms with van der Waals surface area (Å²) in [6.45, 7) is 9.35. The van der Waals surface area contributed by atoms with Gasteiger partial charge in [-0.25, -0.2) is 0 Å². The van der Waals surface area contributed by atoms with Crippen LogP contribution in [-0.2, 0) is 6.54 Å². The molecule has 0 saturated heterocycles. The van der Waals surface area contributed by atoms with Gasteiger partial charge in [0, 0.05) is 28.3 Å². The van der Waals surface area contributed by atoms with Gasteiger partial charge in [-0.3, -0.25) is 0 Å². The van der Waals surface area contributed by atoms with Crippen LogP contribution in [0.5, 0.6) is 0 Å². The molecule has 232 valence electrons. The van der Waals surface area contributed by atoms with E-state index in [0.29, 0.717) is 17.1 Å². The molecule has 2 nitrogen and oxygen atoms in total. The number of nitrogens with one attached hydrogen (secondary N) is 1. The first kappa shape index (κ1) is 31.5. The maximum absolute atomic E-state index is 6.72. The van der Waals surface area contributed by atoms with Gasteiger partial charge in [0.05, 0.1) is 0 Å². The summed E-state index contributed by atoms with van der Waals surface area (Å²) in [5.74, 6) is 0.683. The molecule has 3 aromatic rings. The molecule has 3 N–H and O–H groups in total. The van der Waals surface area contributed by atoms with Crippen molar-refractivity contribution >= 4 is 17.8 Å². The number of hydrogen-bond donors (Lipinski definition) is 2. The summed E-state index contributed by atoms with van der Waals surface area (Å²) in [5.41, 5.74) is 20.6. The molecule has 3 unspecified atom stereocenters. The summed E-state index contributed by atoms with van der Waals surface area (Å²) < 4.78 is 0. The predicted molar refractivity (Wildman–Crippen MR) is 200 cm³/mol. The molecule has 2 aliphatic carbocycles. The molecular formula is C43H44N2S. The molecule has 3 heteroatoms. The van der Waals surface area contributed by atoms with E-state index in [9.17, 15) is 0 Å². The number of thioether (sulfide) groups is 1. The summed E-state index contributed by atoms with van der Waals surface area (Å²) in [5, 5.41) is 3.75. The Kier molecular flexibility index (Phi) is 9.80. The van der Waals surface area contributed by atoms with Crippen molar-refractivity contribution in [3.8, 4) is 11.1 Å². The lowest BCUT2D eigenvalue weighted by Crippen LogP contribution is -2.13. The van der Waals surface area contributed by atoms with Crippen molar-refractivity contribution in [1.82, 2.24) is 5.32 Å². The Labute approximate surface area is 279 Å². The molecule has 0 fully saturated rings. The normalized spacial score (nSPS) is 21.3. The second kappa shape index (κ2) is 14.3. The Morgan fingerprint density at radius 2 is 1.83 bits per heavy atom. The van der Waals surface area contributed by atoms with Crippen LogP contribution in [0.2, 0.25) is 0 Å². The van der Waals surface area contributed by atoms with Gasteiger partial charge in [0.2, 0.25) is 0 Å². The van der Waals surface area contributed by atoms with E-state index in [1.807, 2.05) is 31.8 Å². The molecule has 4 aliphatic rings. The van der Waals surface area contributed by atoms with Crippen molar-refractivity contribution in [3.63, 3.8) is 0 Å². The smallest absolute Gasteiger partial charge is 0.0401 e. The van der Waals surface area contributed by atoms with Crippen LogP contribution in [0.3, 0.4) is 0 Å². The average molecular weight is 621 g/mol. The van der Waals surface area contributed by atoms with E-state index in [0.717, 1.165) is 24.2 Å². The monoisotopic (exact) mass is 620 g/mol. The number of allylic oxidation sites excluding steroid dienone is 11. The van der Waals surface area contributed by atoms with Crippen LogP contribution >= 0.6 is 11.8 Å². The van der Waals surface area contributed by atoms with Crippen molar-refractivity contribution in [2.75, 3.05) is 0 Å². The maximum atomic E-state index is 6.72. The summed E-state index contributed by atoms with van der Waals surface area (Å²) in [6, 6.07) is 24.3. The van der Waals surface area contributed by atoms with Crippen LogP contribution < -0.4 is 11.1 Å². The Morgan fingerprint density at radius 1 is 0.978 bits per heavy atom. The number of fused-ring (bicyclic) bond motifs is 4. The molecular weight excluding hydrogens is 577 g/mol. The summed E-state index contributed by atoms with van der Waals surface area (Å²) in [6.07, 6.45) is 25.3. The minimum atomic E-state index is 0.298. The lowest BCUT2D eigenvalue weighted by Gasteiger charge is -2.21. The zero-order valence-corrected chi connectivity index (χ0v) is 28.2. The standard InChI is InChI=1S/C41H38N2S.C2H6/c1-27(30-7-4-3-5-8-30)11-14-31-15-12-29(23-28(31)2)13-19-38(42)34-18-20-39-37(25-34)41-36(9-6-10-40(41)44-39)33-17-16-32-21-22-43-26-35(32)24-33;1-2/h3-22,24-25,27,37,39,43H,23,26,42H2,1-2H3;1-2H3/b14-11-,29-13-,38-19-;. The highest BCUT2D eigenvalue weighted by molar-refractivity contribution is 8.00. The van der Waals surface area contributed by atoms with E-state index in [1.165, 1.54) is 55.0 Å². The Hall–Kier alpha value is -4.47. The Bertz CT molecular complexity index is 1840. The summed E-state index contributed by atoms with van der Waals surface area (Å²) >= 11 is 1.97.